The minimum atomic E-state index is -0.0510. The van der Waals surface area contributed by atoms with Gasteiger partial charge in [-0.15, -0.1) is 19.0 Å². The standard InChI is InChI=1S/C11H17NO.ClH/c1-7(2)5-10(12)11-6-8(3)9(4)13-11;/h6,10H,1,5,12H2,2-4H3;1H/t10-;/m0./s1. The Morgan fingerprint density at radius 2 is 2.14 bits per heavy atom. The molecule has 0 fully saturated rings. The first-order valence-electron chi connectivity index (χ1n) is 4.47. The SMILES string of the molecule is C=C(C)C[C@H](N)c1cc(C)c(C)o1.Cl. The average molecular weight is 216 g/mol. The minimum absolute atomic E-state index is 0. The third-order valence-electron chi connectivity index (χ3n) is 2.12. The van der Waals surface area contributed by atoms with E-state index in [2.05, 4.69) is 6.58 Å². The predicted octanol–water partition coefficient (Wildman–Crippen LogP) is 3.28. The Kier molecular flexibility index (Phi) is 4.95. The molecule has 0 amide bonds. The molecule has 1 atom stereocenters. The fourth-order valence-electron chi connectivity index (χ4n) is 1.26. The van der Waals surface area contributed by atoms with E-state index in [0.29, 0.717) is 0 Å². The van der Waals surface area contributed by atoms with Gasteiger partial charge < -0.3 is 10.2 Å². The fraction of sp³-hybridized carbons (Fsp3) is 0.455. The van der Waals surface area contributed by atoms with Gasteiger partial charge in [0, 0.05) is 0 Å². The molecule has 2 N–H and O–H groups in total. The Hall–Kier alpha value is -0.730. The highest BCUT2D eigenvalue weighted by Gasteiger charge is 2.11. The number of hydrogen-bond acceptors (Lipinski definition) is 2. The van der Waals surface area contributed by atoms with Crippen molar-refractivity contribution in [2.75, 3.05) is 0 Å². The molecule has 1 heterocycles. The van der Waals surface area contributed by atoms with Crippen molar-refractivity contribution in [3.8, 4) is 0 Å². The molecule has 1 rings (SSSR count). The quantitative estimate of drug-likeness (QED) is 0.786. The zero-order valence-electron chi connectivity index (χ0n) is 8.96. The second kappa shape index (κ2) is 5.23. The van der Waals surface area contributed by atoms with E-state index in [9.17, 15) is 0 Å². The first kappa shape index (κ1) is 13.3. The molecule has 0 aliphatic carbocycles. The predicted molar refractivity (Wildman–Crippen MR) is 61.8 cm³/mol. The van der Waals surface area contributed by atoms with Gasteiger partial charge in [-0.1, -0.05) is 5.57 Å². The number of rotatable bonds is 3. The van der Waals surface area contributed by atoms with Crippen LogP contribution in [-0.2, 0) is 0 Å². The van der Waals surface area contributed by atoms with E-state index < -0.39 is 0 Å². The summed E-state index contributed by atoms with van der Waals surface area (Å²) in [5.74, 6) is 1.81. The van der Waals surface area contributed by atoms with Crippen LogP contribution in [0, 0.1) is 13.8 Å². The topological polar surface area (TPSA) is 39.2 Å². The average Bonchev–Trinajstić information content (AvgIpc) is 2.31. The largest absolute Gasteiger partial charge is 0.464 e. The molecular formula is C11H18ClNO. The van der Waals surface area contributed by atoms with Crippen LogP contribution in [0.5, 0.6) is 0 Å². The maximum Gasteiger partial charge on any atom is 0.121 e. The summed E-state index contributed by atoms with van der Waals surface area (Å²) in [5, 5.41) is 0. The van der Waals surface area contributed by atoms with E-state index in [1.807, 2.05) is 26.8 Å². The third-order valence-corrected chi connectivity index (χ3v) is 2.12. The highest BCUT2D eigenvalue weighted by Crippen LogP contribution is 2.22. The van der Waals surface area contributed by atoms with Crippen molar-refractivity contribution in [2.45, 2.75) is 33.2 Å². The Bertz CT molecular complexity index is 298. The molecule has 0 aliphatic rings. The molecule has 0 unspecified atom stereocenters. The Labute approximate surface area is 91.6 Å². The van der Waals surface area contributed by atoms with Crippen LogP contribution in [-0.4, -0.2) is 0 Å². The second-order valence-corrected chi connectivity index (χ2v) is 3.66. The molecule has 1 aromatic rings. The van der Waals surface area contributed by atoms with Crippen molar-refractivity contribution in [2.24, 2.45) is 5.73 Å². The van der Waals surface area contributed by atoms with Gasteiger partial charge in [0.25, 0.3) is 0 Å². The Morgan fingerprint density at radius 3 is 2.50 bits per heavy atom. The molecule has 3 heteroatoms. The van der Waals surface area contributed by atoms with E-state index in [1.165, 1.54) is 0 Å². The highest BCUT2D eigenvalue weighted by atomic mass is 35.5. The van der Waals surface area contributed by atoms with Crippen LogP contribution in [0.25, 0.3) is 0 Å². The van der Waals surface area contributed by atoms with Gasteiger partial charge in [0.1, 0.15) is 11.5 Å². The molecule has 0 aliphatic heterocycles. The molecule has 0 radical (unpaired) electrons. The molecule has 1 aromatic heterocycles. The molecular weight excluding hydrogens is 198 g/mol. The van der Waals surface area contributed by atoms with Gasteiger partial charge in [-0.05, 0) is 38.8 Å². The minimum Gasteiger partial charge on any atom is -0.464 e. The summed E-state index contributed by atoms with van der Waals surface area (Å²) in [7, 11) is 0. The van der Waals surface area contributed by atoms with Crippen molar-refractivity contribution >= 4 is 12.4 Å². The Balaban J connectivity index is 0.00000169. The molecule has 0 bridgehead atoms. The lowest BCUT2D eigenvalue weighted by Gasteiger charge is -2.07. The van der Waals surface area contributed by atoms with Crippen molar-refractivity contribution in [3.63, 3.8) is 0 Å². The summed E-state index contributed by atoms with van der Waals surface area (Å²) >= 11 is 0. The second-order valence-electron chi connectivity index (χ2n) is 3.66. The van der Waals surface area contributed by atoms with Crippen LogP contribution < -0.4 is 5.73 Å². The van der Waals surface area contributed by atoms with E-state index in [-0.39, 0.29) is 18.4 Å². The Morgan fingerprint density at radius 1 is 1.57 bits per heavy atom. The maximum atomic E-state index is 5.92. The van der Waals surface area contributed by atoms with Crippen molar-refractivity contribution in [1.29, 1.82) is 0 Å². The van der Waals surface area contributed by atoms with Crippen LogP contribution in [0.1, 0.15) is 36.5 Å². The molecule has 0 saturated carbocycles. The number of nitrogens with two attached hydrogens (primary N) is 1. The lowest BCUT2D eigenvalue weighted by atomic mass is 10.1. The summed E-state index contributed by atoms with van der Waals surface area (Å²) in [4.78, 5) is 0. The summed E-state index contributed by atoms with van der Waals surface area (Å²) in [6.45, 7) is 9.78. The van der Waals surface area contributed by atoms with Crippen LogP contribution in [0.3, 0.4) is 0 Å². The number of halogens is 1. The van der Waals surface area contributed by atoms with Gasteiger partial charge in [0.2, 0.25) is 0 Å². The maximum absolute atomic E-state index is 5.92. The van der Waals surface area contributed by atoms with E-state index >= 15 is 0 Å². The molecule has 0 saturated heterocycles. The number of hydrogen-bond donors (Lipinski definition) is 1. The van der Waals surface area contributed by atoms with Gasteiger partial charge in [0.15, 0.2) is 0 Å². The highest BCUT2D eigenvalue weighted by molar-refractivity contribution is 5.85. The van der Waals surface area contributed by atoms with Crippen molar-refractivity contribution in [3.05, 3.63) is 35.3 Å². The lowest BCUT2D eigenvalue weighted by molar-refractivity contribution is 0.443. The van der Waals surface area contributed by atoms with Crippen LogP contribution in [0.4, 0.5) is 0 Å². The van der Waals surface area contributed by atoms with E-state index in [0.717, 1.165) is 29.1 Å². The van der Waals surface area contributed by atoms with Crippen LogP contribution in [0.2, 0.25) is 0 Å². The zero-order valence-corrected chi connectivity index (χ0v) is 9.78. The molecule has 14 heavy (non-hydrogen) atoms. The molecule has 80 valence electrons. The van der Waals surface area contributed by atoms with Crippen LogP contribution in [0.15, 0.2) is 22.6 Å². The molecule has 0 aromatic carbocycles. The van der Waals surface area contributed by atoms with Gasteiger partial charge in [0.05, 0.1) is 6.04 Å². The lowest BCUT2D eigenvalue weighted by Crippen LogP contribution is -2.09. The monoisotopic (exact) mass is 215 g/mol. The normalized spacial score (nSPS) is 12.0. The fourth-order valence-corrected chi connectivity index (χ4v) is 1.26. The summed E-state index contributed by atoms with van der Waals surface area (Å²) in [6.07, 6.45) is 0.784. The molecule has 2 nitrogen and oxygen atoms in total. The van der Waals surface area contributed by atoms with Gasteiger partial charge >= 0.3 is 0 Å². The van der Waals surface area contributed by atoms with E-state index in [4.69, 9.17) is 10.2 Å². The number of aryl methyl sites for hydroxylation is 2. The third kappa shape index (κ3) is 3.20. The first-order chi connectivity index (χ1) is 6.00. The van der Waals surface area contributed by atoms with Crippen molar-refractivity contribution < 1.29 is 4.42 Å². The van der Waals surface area contributed by atoms with Gasteiger partial charge in [-0.2, -0.15) is 0 Å². The van der Waals surface area contributed by atoms with Gasteiger partial charge in [-0.3, -0.25) is 0 Å². The van der Waals surface area contributed by atoms with Gasteiger partial charge in [-0.25, -0.2) is 0 Å². The number of furan rings is 1. The van der Waals surface area contributed by atoms with Crippen molar-refractivity contribution in [1.82, 2.24) is 0 Å². The smallest absolute Gasteiger partial charge is 0.121 e. The molecule has 0 spiro atoms. The summed E-state index contributed by atoms with van der Waals surface area (Å²) < 4.78 is 5.51. The van der Waals surface area contributed by atoms with E-state index in [1.54, 1.807) is 0 Å². The first-order valence-corrected chi connectivity index (χ1v) is 4.47. The summed E-state index contributed by atoms with van der Waals surface area (Å²) in [5.41, 5.74) is 8.17. The summed E-state index contributed by atoms with van der Waals surface area (Å²) in [6, 6.07) is 1.95. The van der Waals surface area contributed by atoms with Crippen LogP contribution >= 0.6 is 12.4 Å². The zero-order chi connectivity index (χ0) is 10.0.